The van der Waals surface area contributed by atoms with Crippen molar-refractivity contribution in [3.8, 4) is 5.75 Å². The molecule has 8 heteroatoms. The normalized spacial score (nSPS) is 11.0. The second-order valence-electron chi connectivity index (χ2n) is 7.44. The van der Waals surface area contributed by atoms with Crippen molar-refractivity contribution in [2.24, 2.45) is 0 Å². The predicted molar refractivity (Wildman–Crippen MR) is 134 cm³/mol. The van der Waals surface area contributed by atoms with E-state index in [0.29, 0.717) is 37.7 Å². The average molecular weight is 481 g/mol. The lowest BCUT2D eigenvalue weighted by atomic mass is 10.1. The van der Waals surface area contributed by atoms with E-state index in [9.17, 15) is 4.79 Å². The van der Waals surface area contributed by atoms with Crippen LogP contribution in [0, 0.1) is 0 Å². The fourth-order valence-electron chi connectivity index (χ4n) is 3.40. The maximum atomic E-state index is 12.4. The minimum atomic E-state index is -0.109. The van der Waals surface area contributed by atoms with Crippen LogP contribution in [-0.2, 0) is 17.1 Å². The van der Waals surface area contributed by atoms with Crippen molar-refractivity contribution >= 4 is 46.0 Å². The number of ether oxygens (including phenoxy) is 1. The molecule has 0 radical (unpaired) electrons. The lowest BCUT2D eigenvalue weighted by Crippen LogP contribution is -2.16. The van der Waals surface area contributed by atoms with Crippen molar-refractivity contribution in [1.29, 1.82) is 0 Å². The van der Waals surface area contributed by atoms with Crippen LogP contribution in [0.2, 0.25) is 5.02 Å². The summed E-state index contributed by atoms with van der Waals surface area (Å²) in [7, 11) is 0. The molecule has 0 fully saturated rings. The van der Waals surface area contributed by atoms with E-state index in [1.54, 1.807) is 11.8 Å². The quantitative estimate of drug-likeness (QED) is 0.216. The maximum absolute atomic E-state index is 12.4. The van der Waals surface area contributed by atoms with E-state index in [1.807, 2.05) is 66.1 Å². The highest BCUT2D eigenvalue weighted by Gasteiger charge is 2.14. The molecule has 0 atom stereocenters. The van der Waals surface area contributed by atoms with Crippen LogP contribution >= 0.6 is 23.4 Å². The van der Waals surface area contributed by atoms with Gasteiger partial charge < -0.3 is 4.74 Å². The molecule has 33 heavy (non-hydrogen) atoms. The van der Waals surface area contributed by atoms with E-state index in [4.69, 9.17) is 16.3 Å². The van der Waals surface area contributed by atoms with E-state index in [0.717, 1.165) is 26.9 Å². The van der Waals surface area contributed by atoms with E-state index in [-0.39, 0.29) is 5.91 Å². The monoisotopic (exact) mass is 480 g/mol. The summed E-state index contributed by atoms with van der Waals surface area (Å²) in [5.41, 5.74) is 1.03. The third-order valence-corrected chi connectivity index (χ3v) is 6.52. The first kappa shape index (κ1) is 23.1. The number of carbonyl (C=O) groups excluding carboxylic acids is 1. The lowest BCUT2D eigenvalue weighted by Gasteiger charge is -2.09. The molecule has 0 spiro atoms. The van der Waals surface area contributed by atoms with E-state index < -0.39 is 0 Å². The molecule has 170 valence electrons. The highest BCUT2D eigenvalue weighted by Crippen LogP contribution is 2.27. The Hall–Kier alpha value is -3.03. The van der Waals surface area contributed by atoms with Crippen molar-refractivity contribution in [1.82, 2.24) is 14.8 Å². The molecule has 3 aromatic carbocycles. The summed E-state index contributed by atoms with van der Waals surface area (Å²) in [5.74, 6) is 1.83. The van der Waals surface area contributed by atoms with Crippen LogP contribution in [0.4, 0.5) is 5.95 Å². The van der Waals surface area contributed by atoms with Gasteiger partial charge in [-0.15, -0.1) is 10.2 Å². The third-order valence-electron chi connectivity index (χ3n) is 5.14. The number of hydrogen-bond donors (Lipinski definition) is 1. The van der Waals surface area contributed by atoms with Crippen molar-refractivity contribution in [3.63, 3.8) is 0 Å². The van der Waals surface area contributed by atoms with Crippen LogP contribution in [0.1, 0.15) is 25.3 Å². The molecule has 1 heterocycles. The molecule has 1 aromatic heterocycles. The Morgan fingerprint density at radius 3 is 2.67 bits per heavy atom. The maximum Gasteiger partial charge on any atom is 0.231 e. The molecule has 0 bridgehead atoms. The van der Waals surface area contributed by atoms with Gasteiger partial charge in [0, 0.05) is 23.7 Å². The molecule has 1 N–H and O–H groups in total. The number of rotatable bonds is 10. The molecule has 0 aliphatic carbocycles. The zero-order chi connectivity index (χ0) is 23.0. The van der Waals surface area contributed by atoms with Gasteiger partial charge in [-0.2, -0.15) is 0 Å². The van der Waals surface area contributed by atoms with Crippen LogP contribution < -0.4 is 10.1 Å². The Labute approximate surface area is 202 Å². The molecule has 0 unspecified atom stereocenters. The Morgan fingerprint density at radius 2 is 1.85 bits per heavy atom. The molecule has 0 aliphatic heterocycles. The number of carbonyl (C=O) groups is 1. The zero-order valence-corrected chi connectivity index (χ0v) is 19.9. The molecule has 4 rings (SSSR count). The van der Waals surface area contributed by atoms with Gasteiger partial charge in [0.1, 0.15) is 5.75 Å². The first-order chi connectivity index (χ1) is 16.1. The number of hydrogen-bond acceptors (Lipinski definition) is 5. The summed E-state index contributed by atoms with van der Waals surface area (Å²) in [6.45, 7) is 3.11. The minimum Gasteiger partial charge on any atom is -0.494 e. The van der Waals surface area contributed by atoms with Gasteiger partial charge in [-0.3, -0.25) is 14.7 Å². The van der Waals surface area contributed by atoms with Crippen LogP contribution in [0.25, 0.3) is 10.8 Å². The Kier molecular flexibility index (Phi) is 7.86. The topological polar surface area (TPSA) is 69.0 Å². The summed E-state index contributed by atoms with van der Waals surface area (Å²) in [6, 6.07) is 21.9. The molecular weight excluding hydrogens is 456 g/mol. The summed E-state index contributed by atoms with van der Waals surface area (Å²) in [4.78, 5) is 12.4. The molecule has 4 aromatic rings. The first-order valence-corrected chi connectivity index (χ1v) is 12.2. The van der Waals surface area contributed by atoms with Gasteiger partial charge in [0.25, 0.3) is 0 Å². The van der Waals surface area contributed by atoms with Gasteiger partial charge >= 0.3 is 0 Å². The Morgan fingerprint density at radius 1 is 1.06 bits per heavy atom. The molecule has 0 aliphatic rings. The number of halogens is 1. The van der Waals surface area contributed by atoms with Crippen LogP contribution in [0.3, 0.4) is 0 Å². The molecule has 1 amide bonds. The Bertz CT molecular complexity index is 1240. The second-order valence-corrected chi connectivity index (χ2v) is 8.79. The summed E-state index contributed by atoms with van der Waals surface area (Å²) < 4.78 is 7.71. The number of nitrogens with zero attached hydrogens (tertiary/aromatic N) is 3. The van der Waals surface area contributed by atoms with E-state index in [2.05, 4.69) is 27.6 Å². The average Bonchev–Trinajstić information content (AvgIpc) is 3.22. The summed E-state index contributed by atoms with van der Waals surface area (Å²) in [6.07, 6.45) is 0.944. The van der Waals surface area contributed by atoms with E-state index in [1.165, 1.54) is 5.39 Å². The van der Waals surface area contributed by atoms with Gasteiger partial charge in [-0.05, 0) is 47.9 Å². The lowest BCUT2D eigenvalue weighted by molar-refractivity contribution is -0.116. The fourth-order valence-corrected chi connectivity index (χ4v) is 4.69. The van der Waals surface area contributed by atoms with Gasteiger partial charge in [0.05, 0.1) is 6.61 Å². The zero-order valence-electron chi connectivity index (χ0n) is 18.3. The largest absolute Gasteiger partial charge is 0.494 e. The fraction of sp³-hybridized carbons (Fsp3) is 0.240. The van der Waals surface area contributed by atoms with E-state index >= 15 is 0 Å². The van der Waals surface area contributed by atoms with Crippen molar-refractivity contribution in [3.05, 3.63) is 77.3 Å². The summed E-state index contributed by atoms with van der Waals surface area (Å²) in [5, 5.41) is 15.1. The van der Waals surface area contributed by atoms with Crippen molar-refractivity contribution < 1.29 is 9.53 Å². The summed E-state index contributed by atoms with van der Waals surface area (Å²) >= 11 is 7.78. The number of benzene rings is 3. The molecule has 6 nitrogen and oxygen atoms in total. The SMILES string of the molecule is CCn1c(NC(=O)CCCOc2ccc3ccccc3c2)nnc1SCc1ccccc1Cl. The van der Waals surface area contributed by atoms with Gasteiger partial charge in [-0.25, -0.2) is 0 Å². The van der Waals surface area contributed by atoms with Crippen LogP contribution in [-0.4, -0.2) is 27.3 Å². The minimum absolute atomic E-state index is 0.109. The molecule has 0 saturated heterocycles. The number of amides is 1. The number of anilines is 1. The number of thioether (sulfide) groups is 1. The predicted octanol–water partition coefficient (Wildman–Crippen LogP) is 6.19. The van der Waals surface area contributed by atoms with Gasteiger partial charge in [0.15, 0.2) is 5.16 Å². The molecular formula is C25H25ClN4O2S. The third kappa shape index (κ3) is 6.06. The van der Waals surface area contributed by atoms with Crippen LogP contribution in [0.15, 0.2) is 71.9 Å². The van der Waals surface area contributed by atoms with Crippen LogP contribution in [0.5, 0.6) is 5.75 Å². The van der Waals surface area contributed by atoms with Crippen molar-refractivity contribution in [2.75, 3.05) is 11.9 Å². The molecule has 0 saturated carbocycles. The number of fused-ring (bicyclic) bond motifs is 1. The van der Waals surface area contributed by atoms with Gasteiger partial charge in [-0.1, -0.05) is 71.9 Å². The Balaban J connectivity index is 1.26. The number of nitrogens with one attached hydrogen (secondary N) is 1. The standard InChI is InChI=1S/C25H25ClN4O2S/c1-2-30-24(28-29-25(30)33-17-20-10-5-6-11-22(20)26)27-23(31)12-7-15-32-21-14-13-18-8-3-4-9-19(18)16-21/h3-6,8-11,13-14,16H,2,7,12,15,17H2,1H3,(H,27,28,31). The number of aromatic nitrogens is 3. The highest BCUT2D eigenvalue weighted by atomic mass is 35.5. The first-order valence-electron chi connectivity index (χ1n) is 10.8. The second kappa shape index (κ2) is 11.2. The van der Waals surface area contributed by atoms with Gasteiger partial charge in [0.2, 0.25) is 11.9 Å². The smallest absolute Gasteiger partial charge is 0.231 e. The highest BCUT2D eigenvalue weighted by molar-refractivity contribution is 7.98. The van der Waals surface area contributed by atoms with Crippen molar-refractivity contribution in [2.45, 2.75) is 37.2 Å².